The predicted molar refractivity (Wildman–Crippen MR) is 106 cm³/mol. The lowest BCUT2D eigenvalue weighted by Gasteiger charge is -2.37. The third-order valence-corrected chi connectivity index (χ3v) is 5.00. The first-order chi connectivity index (χ1) is 11.8. The van der Waals surface area contributed by atoms with Gasteiger partial charge in [0, 0.05) is 17.8 Å². The fourth-order valence-electron chi connectivity index (χ4n) is 2.96. The lowest BCUT2D eigenvalue weighted by atomic mass is 9.92. The Kier molecular flexibility index (Phi) is 6.72. The maximum atomic E-state index is 12.3. The fraction of sp³-hybridized carbons (Fsp3) is 0.444. The molecular formula is C18H22Cl2N2O2S. The highest BCUT2D eigenvalue weighted by atomic mass is 35.5. The van der Waals surface area contributed by atoms with Crippen molar-refractivity contribution in [2.45, 2.75) is 40.2 Å². The molecule has 0 bridgehead atoms. The van der Waals surface area contributed by atoms with Crippen molar-refractivity contribution in [1.82, 2.24) is 10.2 Å². The quantitative estimate of drug-likeness (QED) is 0.687. The van der Waals surface area contributed by atoms with Crippen LogP contribution >= 0.6 is 35.4 Å². The number of nitrogens with one attached hydrogen (secondary N) is 1. The van der Waals surface area contributed by atoms with Crippen molar-refractivity contribution >= 4 is 46.3 Å². The number of carbonyl (C=O) groups is 1. The maximum Gasteiger partial charge on any atom is 0.173 e. The summed E-state index contributed by atoms with van der Waals surface area (Å²) in [5.41, 5.74) is 2.29. The molecule has 136 valence electrons. The number of nitrogens with zero attached hydrogens (tertiary/aromatic N) is 1. The van der Waals surface area contributed by atoms with E-state index in [2.05, 4.69) is 5.32 Å². The van der Waals surface area contributed by atoms with Gasteiger partial charge in [0.1, 0.15) is 0 Å². The Bertz CT molecular complexity index is 711. The molecule has 0 aromatic heterocycles. The number of hydrogen-bond donors (Lipinski definition) is 1. The summed E-state index contributed by atoms with van der Waals surface area (Å²) < 4.78 is 5.61. The monoisotopic (exact) mass is 400 g/mol. The van der Waals surface area contributed by atoms with E-state index in [4.69, 9.17) is 40.2 Å². The second kappa shape index (κ2) is 8.39. The molecule has 1 aromatic carbocycles. The van der Waals surface area contributed by atoms with Crippen LogP contribution in [-0.4, -0.2) is 28.9 Å². The van der Waals surface area contributed by atoms with Crippen molar-refractivity contribution in [3.8, 4) is 5.75 Å². The molecule has 1 aliphatic heterocycles. The van der Waals surface area contributed by atoms with Crippen LogP contribution in [0.4, 0.5) is 0 Å². The smallest absolute Gasteiger partial charge is 0.173 e. The number of carbonyl (C=O) groups excluding carboxylic acids is 1. The molecule has 1 unspecified atom stereocenters. The number of allylic oxidation sites excluding steroid dienone is 1. The minimum atomic E-state index is -0.386. The van der Waals surface area contributed by atoms with Gasteiger partial charge in [-0.1, -0.05) is 30.1 Å². The van der Waals surface area contributed by atoms with Crippen molar-refractivity contribution in [2.24, 2.45) is 0 Å². The van der Waals surface area contributed by atoms with Gasteiger partial charge in [0.15, 0.2) is 16.6 Å². The Morgan fingerprint density at radius 2 is 1.92 bits per heavy atom. The highest BCUT2D eigenvalue weighted by Gasteiger charge is 2.32. The van der Waals surface area contributed by atoms with Gasteiger partial charge in [-0.15, -0.1) is 0 Å². The second-order valence-electron chi connectivity index (χ2n) is 5.84. The number of thiocarbonyl (C=S) groups is 1. The van der Waals surface area contributed by atoms with Gasteiger partial charge in [0.05, 0.1) is 22.7 Å². The first-order valence-electron chi connectivity index (χ1n) is 8.23. The first kappa shape index (κ1) is 20.0. The number of ketones is 1. The molecule has 1 heterocycles. The molecular weight excluding hydrogens is 379 g/mol. The summed E-state index contributed by atoms with van der Waals surface area (Å²) in [7, 11) is 0. The SMILES string of the molecule is CCCOc1c(Cl)cc(C2NC(=S)N(CC)C(C)=C2C(C)=O)cc1Cl. The number of hydrogen-bond acceptors (Lipinski definition) is 3. The summed E-state index contributed by atoms with van der Waals surface area (Å²) in [5, 5.41) is 4.65. The van der Waals surface area contributed by atoms with Gasteiger partial charge in [-0.3, -0.25) is 4.79 Å². The molecule has 1 aromatic rings. The highest BCUT2D eigenvalue weighted by molar-refractivity contribution is 7.80. The van der Waals surface area contributed by atoms with E-state index in [0.717, 1.165) is 17.7 Å². The first-order valence-corrected chi connectivity index (χ1v) is 9.39. The lowest BCUT2D eigenvalue weighted by molar-refractivity contribution is -0.114. The van der Waals surface area contributed by atoms with Gasteiger partial charge < -0.3 is 15.0 Å². The average molecular weight is 401 g/mol. The number of ether oxygens (including phenoxy) is 1. The lowest BCUT2D eigenvalue weighted by Crippen LogP contribution is -2.47. The van der Waals surface area contributed by atoms with Gasteiger partial charge in [-0.25, -0.2) is 0 Å². The van der Waals surface area contributed by atoms with Crippen molar-refractivity contribution in [2.75, 3.05) is 13.2 Å². The number of rotatable bonds is 6. The zero-order valence-corrected chi connectivity index (χ0v) is 17.1. The average Bonchev–Trinajstić information content (AvgIpc) is 2.53. The summed E-state index contributed by atoms with van der Waals surface area (Å²) in [6, 6.07) is 3.16. The van der Waals surface area contributed by atoms with Crippen LogP contribution < -0.4 is 10.1 Å². The van der Waals surface area contributed by atoms with Crippen LogP contribution in [0.2, 0.25) is 10.0 Å². The Labute approximate surface area is 164 Å². The van der Waals surface area contributed by atoms with E-state index in [-0.39, 0.29) is 11.8 Å². The van der Waals surface area contributed by atoms with E-state index in [9.17, 15) is 4.79 Å². The number of halogens is 2. The van der Waals surface area contributed by atoms with Crippen LogP contribution in [0, 0.1) is 0 Å². The number of benzene rings is 1. The topological polar surface area (TPSA) is 41.6 Å². The van der Waals surface area contributed by atoms with E-state index in [0.29, 0.717) is 39.6 Å². The molecule has 7 heteroatoms. The minimum absolute atomic E-state index is 0.0190. The Morgan fingerprint density at radius 3 is 2.40 bits per heavy atom. The minimum Gasteiger partial charge on any atom is -0.490 e. The van der Waals surface area contributed by atoms with E-state index in [1.54, 1.807) is 19.1 Å². The molecule has 2 rings (SSSR count). The van der Waals surface area contributed by atoms with E-state index in [1.165, 1.54) is 0 Å². The maximum absolute atomic E-state index is 12.3. The van der Waals surface area contributed by atoms with E-state index in [1.807, 2.05) is 25.7 Å². The molecule has 0 fully saturated rings. The standard InChI is InChI=1S/C18H22Cl2N2O2S/c1-5-7-24-17-13(19)8-12(9-14(17)20)16-15(11(4)23)10(3)22(6-2)18(25)21-16/h8-9,16H,5-7H2,1-4H3,(H,21,25). The summed E-state index contributed by atoms with van der Waals surface area (Å²) in [6.45, 7) is 8.68. The Morgan fingerprint density at radius 1 is 1.32 bits per heavy atom. The molecule has 0 amide bonds. The Balaban J connectivity index is 2.51. The van der Waals surface area contributed by atoms with Crippen LogP contribution in [0.15, 0.2) is 23.4 Å². The van der Waals surface area contributed by atoms with E-state index < -0.39 is 0 Å². The van der Waals surface area contributed by atoms with Crippen LogP contribution in [-0.2, 0) is 4.79 Å². The van der Waals surface area contributed by atoms with Crippen LogP contribution in [0.5, 0.6) is 5.75 Å². The van der Waals surface area contributed by atoms with Gasteiger partial charge >= 0.3 is 0 Å². The summed E-state index contributed by atoms with van der Waals surface area (Å²) in [6.07, 6.45) is 0.857. The van der Waals surface area contributed by atoms with Crippen molar-refractivity contribution in [3.05, 3.63) is 39.0 Å². The summed E-state index contributed by atoms with van der Waals surface area (Å²) >= 11 is 18.2. The molecule has 4 nitrogen and oxygen atoms in total. The largest absolute Gasteiger partial charge is 0.490 e. The molecule has 0 aliphatic carbocycles. The highest BCUT2D eigenvalue weighted by Crippen LogP contribution is 2.39. The third kappa shape index (κ3) is 4.10. The molecule has 0 saturated carbocycles. The third-order valence-electron chi connectivity index (χ3n) is 4.10. The van der Waals surface area contributed by atoms with Crippen molar-refractivity contribution in [3.63, 3.8) is 0 Å². The van der Waals surface area contributed by atoms with Crippen molar-refractivity contribution in [1.29, 1.82) is 0 Å². The van der Waals surface area contributed by atoms with Gasteiger partial charge in [-0.2, -0.15) is 0 Å². The molecule has 1 atom stereocenters. The van der Waals surface area contributed by atoms with Gasteiger partial charge in [-0.05, 0) is 57.1 Å². The van der Waals surface area contributed by atoms with Crippen molar-refractivity contribution < 1.29 is 9.53 Å². The van der Waals surface area contributed by atoms with Crippen LogP contribution in [0.3, 0.4) is 0 Å². The summed E-state index contributed by atoms with van der Waals surface area (Å²) in [4.78, 5) is 14.2. The molecule has 0 spiro atoms. The summed E-state index contributed by atoms with van der Waals surface area (Å²) in [5.74, 6) is 0.446. The predicted octanol–water partition coefficient (Wildman–Crippen LogP) is 4.90. The molecule has 1 aliphatic rings. The molecule has 0 saturated heterocycles. The fourth-order valence-corrected chi connectivity index (χ4v) is 3.95. The molecule has 1 N–H and O–H groups in total. The van der Waals surface area contributed by atoms with E-state index >= 15 is 0 Å². The second-order valence-corrected chi connectivity index (χ2v) is 7.05. The zero-order valence-electron chi connectivity index (χ0n) is 14.8. The normalized spacial score (nSPS) is 17.6. The zero-order chi connectivity index (χ0) is 18.7. The molecule has 25 heavy (non-hydrogen) atoms. The van der Waals surface area contributed by atoms with Gasteiger partial charge in [0.25, 0.3) is 0 Å². The van der Waals surface area contributed by atoms with Gasteiger partial charge in [0.2, 0.25) is 0 Å². The molecule has 0 radical (unpaired) electrons. The van der Waals surface area contributed by atoms with Crippen LogP contribution in [0.1, 0.15) is 45.7 Å². The number of Topliss-reactive ketones (excluding diaryl/α,β-unsaturated/α-hetero) is 1. The Hall–Kier alpha value is -1.30. The van der Waals surface area contributed by atoms with Crippen LogP contribution in [0.25, 0.3) is 0 Å².